The summed E-state index contributed by atoms with van der Waals surface area (Å²) in [4.78, 5) is 0. The van der Waals surface area contributed by atoms with Gasteiger partial charge in [-0.3, -0.25) is 4.68 Å². The average molecular weight is 283 g/mol. The molecule has 2 atom stereocenters. The lowest BCUT2D eigenvalue weighted by Gasteiger charge is -2.23. The van der Waals surface area contributed by atoms with Crippen LogP contribution in [0.15, 0.2) is 6.20 Å². The Kier molecular flexibility index (Phi) is 7.02. The van der Waals surface area contributed by atoms with E-state index in [0.717, 1.165) is 30.8 Å². The summed E-state index contributed by atoms with van der Waals surface area (Å²) in [6.45, 7) is 9.40. The van der Waals surface area contributed by atoms with Crippen molar-refractivity contribution in [1.82, 2.24) is 15.1 Å². The van der Waals surface area contributed by atoms with Crippen LogP contribution in [-0.4, -0.2) is 36.6 Å². The summed E-state index contributed by atoms with van der Waals surface area (Å²) in [6, 6.07) is 0.548. The Morgan fingerprint density at radius 3 is 2.45 bits per heavy atom. The van der Waals surface area contributed by atoms with Gasteiger partial charge in [0.15, 0.2) is 5.75 Å². The summed E-state index contributed by atoms with van der Waals surface area (Å²) >= 11 is 0. The molecule has 0 aromatic carbocycles. The molecule has 0 saturated carbocycles. The van der Waals surface area contributed by atoms with Crippen molar-refractivity contribution in [3.63, 3.8) is 0 Å². The highest BCUT2D eigenvalue weighted by Crippen LogP contribution is 2.30. The summed E-state index contributed by atoms with van der Waals surface area (Å²) < 4.78 is 12.9. The molecule has 5 nitrogen and oxygen atoms in total. The molecule has 0 aliphatic carbocycles. The van der Waals surface area contributed by atoms with E-state index in [1.807, 2.05) is 4.68 Å². The fourth-order valence-electron chi connectivity index (χ4n) is 2.36. The summed E-state index contributed by atoms with van der Waals surface area (Å²) in [5.74, 6) is 0.856. The molecule has 2 unspecified atom stereocenters. The molecular weight excluding hydrogens is 254 g/mol. The molecule has 1 aromatic heterocycles. The molecule has 0 fully saturated rings. The first kappa shape index (κ1) is 17.0. The Bertz CT molecular complexity index is 390. The lowest BCUT2D eigenvalue weighted by molar-refractivity contribution is 0.105. The van der Waals surface area contributed by atoms with Crippen molar-refractivity contribution in [2.24, 2.45) is 0 Å². The van der Waals surface area contributed by atoms with Gasteiger partial charge in [0.1, 0.15) is 0 Å². The lowest BCUT2D eigenvalue weighted by Crippen LogP contribution is -2.26. The second kappa shape index (κ2) is 8.27. The van der Waals surface area contributed by atoms with Crippen molar-refractivity contribution < 1.29 is 9.47 Å². The highest BCUT2D eigenvalue weighted by atomic mass is 16.5. The molecule has 0 spiro atoms. The maximum absolute atomic E-state index is 5.48. The third kappa shape index (κ3) is 4.21. The SMILES string of the molecule is CCNC(CCC(C)OC)c1c(OC)cnn1C(C)C. The van der Waals surface area contributed by atoms with Gasteiger partial charge in [-0.05, 0) is 40.2 Å². The van der Waals surface area contributed by atoms with E-state index < -0.39 is 0 Å². The number of rotatable bonds is 9. The van der Waals surface area contributed by atoms with E-state index in [-0.39, 0.29) is 12.1 Å². The molecule has 0 radical (unpaired) electrons. The summed E-state index contributed by atoms with van der Waals surface area (Å²) in [5.41, 5.74) is 1.13. The minimum absolute atomic E-state index is 0.234. The van der Waals surface area contributed by atoms with Gasteiger partial charge < -0.3 is 14.8 Å². The van der Waals surface area contributed by atoms with E-state index in [1.165, 1.54) is 0 Å². The standard InChI is InChI=1S/C15H29N3O2/c1-7-16-13(9-8-12(4)19-5)15-14(20-6)10-17-18(15)11(2)3/h10-13,16H,7-9H2,1-6H3. The quantitative estimate of drug-likeness (QED) is 0.757. The predicted octanol–water partition coefficient (Wildman–Crippen LogP) is 2.94. The minimum Gasteiger partial charge on any atom is -0.493 e. The van der Waals surface area contributed by atoms with Crippen LogP contribution in [0.5, 0.6) is 5.75 Å². The zero-order valence-corrected chi connectivity index (χ0v) is 13.6. The number of nitrogens with zero attached hydrogens (tertiary/aromatic N) is 2. The molecule has 0 amide bonds. The Morgan fingerprint density at radius 1 is 1.25 bits per heavy atom. The van der Waals surface area contributed by atoms with E-state index >= 15 is 0 Å². The van der Waals surface area contributed by atoms with Crippen molar-refractivity contribution in [3.05, 3.63) is 11.9 Å². The molecule has 0 saturated heterocycles. The molecule has 20 heavy (non-hydrogen) atoms. The van der Waals surface area contributed by atoms with Crippen LogP contribution in [0.1, 0.15) is 58.3 Å². The minimum atomic E-state index is 0.234. The maximum atomic E-state index is 5.48. The number of nitrogens with one attached hydrogen (secondary N) is 1. The molecule has 1 aromatic rings. The predicted molar refractivity (Wildman–Crippen MR) is 81.3 cm³/mol. The van der Waals surface area contributed by atoms with Crippen molar-refractivity contribution >= 4 is 0 Å². The van der Waals surface area contributed by atoms with Crippen molar-refractivity contribution in [2.45, 2.75) is 58.7 Å². The van der Waals surface area contributed by atoms with Crippen molar-refractivity contribution in [2.75, 3.05) is 20.8 Å². The van der Waals surface area contributed by atoms with E-state index in [9.17, 15) is 0 Å². The van der Waals surface area contributed by atoms with Gasteiger partial charge in [-0.25, -0.2) is 0 Å². The second-order valence-corrected chi connectivity index (χ2v) is 5.37. The summed E-state index contributed by atoms with van der Waals surface area (Å²) in [6.07, 6.45) is 4.06. The topological polar surface area (TPSA) is 48.3 Å². The fourth-order valence-corrected chi connectivity index (χ4v) is 2.36. The number of aromatic nitrogens is 2. The summed E-state index contributed by atoms with van der Waals surface area (Å²) in [5, 5.41) is 8.00. The van der Waals surface area contributed by atoms with Crippen LogP contribution >= 0.6 is 0 Å². The zero-order chi connectivity index (χ0) is 15.1. The normalized spacial score (nSPS) is 14.6. The van der Waals surface area contributed by atoms with Gasteiger partial charge in [0.2, 0.25) is 0 Å². The largest absolute Gasteiger partial charge is 0.493 e. The first-order chi connectivity index (χ1) is 9.54. The Balaban J connectivity index is 2.97. The molecule has 0 aliphatic rings. The zero-order valence-electron chi connectivity index (χ0n) is 13.6. The van der Waals surface area contributed by atoms with Crippen LogP contribution in [0.4, 0.5) is 0 Å². The second-order valence-electron chi connectivity index (χ2n) is 5.37. The van der Waals surface area contributed by atoms with E-state index in [1.54, 1.807) is 20.4 Å². The molecule has 1 heterocycles. The molecule has 0 aliphatic heterocycles. The van der Waals surface area contributed by atoms with Crippen molar-refractivity contribution in [3.8, 4) is 5.75 Å². The Hall–Kier alpha value is -1.07. The Morgan fingerprint density at radius 2 is 1.95 bits per heavy atom. The molecule has 1 rings (SSSR count). The van der Waals surface area contributed by atoms with Gasteiger partial charge in [-0.2, -0.15) is 5.10 Å². The van der Waals surface area contributed by atoms with Gasteiger partial charge in [0.05, 0.1) is 31.1 Å². The van der Waals surface area contributed by atoms with Crippen molar-refractivity contribution in [1.29, 1.82) is 0 Å². The van der Waals surface area contributed by atoms with Crippen LogP contribution in [0, 0.1) is 0 Å². The van der Waals surface area contributed by atoms with Crippen LogP contribution in [-0.2, 0) is 4.74 Å². The first-order valence-electron chi connectivity index (χ1n) is 7.42. The van der Waals surface area contributed by atoms with Crippen LogP contribution in [0.25, 0.3) is 0 Å². The number of hydrogen-bond acceptors (Lipinski definition) is 4. The molecular formula is C15H29N3O2. The monoisotopic (exact) mass is 283 g/mol. The maximum Gasteiger partial charge on any atom is 0.161 e. The third-order valence-electron chi connectivity index (χ3n) is 3.55. The van der Waals surface area contributed by atoms with E-state index in [2.05, 4.69) is 38.1 Å². The van der Waals surface area contributed by atoms with Gasteiger partial charge in [-0.1, -0.05) is 6.92 Å². The van der Waals surface area contributed by atoms with Gasteiger partial charge >= 0.3 is 0 Å². The summed E-state index contributed by atoms with van der Waals surface area (Å²) in [7, 11) is 3.46. The highest BCUT2D eigenvalue weighted by molar-refractivity contribution is 5.28. The van der Waals surface area contributed by atoms with Crippen LogP contribution in [0.3, 0.4) is 0 Å². The smallest absolute Gasteiger partial charge is 0.161 e. The molecule has 5 heteroatoms. The van der Waals surface area contributed by atoms with Gasteiger partial charge in [-0.15, -0.1) is 0 Å². The number of methoxy groups -OCH3 is 2. The van der Waals surface area contributed by atoms with Crippen LogP contribution < -0.4 is 10.1 Å². The number of hydrogen-bond donors (Lipinski definition) is 1. The highest BCUT2D eigenvalue weighted by Gasteiger charge is 2.23. The van der Waals surface area contributed by atoms with Gasteiger partial charge in [0.25, 0.3) is 0 Å². The fraction of sp³-hybridized carbons (Fsp3) is 0.800. The Labute approximate surface area is 122 Å². The average Bonchev–Trinajstić information content (AvgIpc) is 2.86. The number of ether oxygens (including phenoxy) is 2. The molecule has 1 N–H and O–H groups in total. The lowest BCUT2D eigenvalue weighted by atomic mass is 10.0. The molecule has 116 valence electrons. The van der Waals surface area contributed by atoms with Crippen LogP contribution in [0.2, 0.25) is 0 Å². The van der Waals surface area contributed by atoms with E-state index in [0.29, 0.717) is 6.04 Å². The first-order valence-corrected chi connectivity index (χ1v) is 7.42. The van der Waals surface area contributed by atoms with Gasteiger partial charge in [0, 0.05) is 13.2 Å². The van der Waals surface area contributed by atoms with E-state index in [4.69, 9.17) is 9.47 Å². The third-order valence-corrected chi connectivity index (χ3v) is 3.55. The molecule has 0 bridgehead atoms.